The molecule has 0 spiro atoms. The van der Waals surface area contributed by atoms with E-state index in [2.05, 4.69) is 5.32 Å². The first-order valence-corrected chi connectivity index (χ1v) is 5.47. The van der Waals surface area contributed by atoms with Gasteiger partial charge in [0.15, 0.2) is 17.7 Å². The molecule has 1 aliphatic rings. The van der Waals surface area contributed by atoms with Gasteiger partial charge in [0.2, 0.25) is 0 Å². The Bertz CT molecular complexity index is 436. The van der Waals surface area contributed by atoms with Gasteiger partial charge >= 0.3 is 0 Å². The molecule has 1 aromatic carbocycles. The number of rotatable bonds is 3. The lowest BCUT2D eigenvalue weighted by atomic mass is 10.1. The highest BCUT2D eigenvalue weighted by Gasteiger charge is 2.31. The number of aliphatic hydroxyl groups excluding tert-OH is 1. The minimum Gasteiger partial charge on any atom is -0.477 e. The molecule has 1 aromatic rings. The maximum Gasteiger partial charge on any atom is 0.261 e. The summed E-state index contributed by atoms with van der Waals surface area (Å²) < 4.78 is 18.6. The zero-order valence-corrected chi connectivity index (χ0v) is 9.44. The van der Waals surface area contributed by atoms with Crippen LogP contribution < -0.4 is 10.1 Å². The molecule has 0 saturated carbocycles. The fourth-order valence-corrected chi connectivity index (χ4v) is 1.76. The summed E-state index contributed by atoms with van der Waals surface area (Å²) in [5.74, 6) is -0.626. The summed E-state index contributed by atoms with van der Waals surface area (Å²) in [5, 5.41) is 11.4. The van der Waals surface area contributed by atoms with E-state index in [-0.39, 0.29) is 24.3 Å². The average molecular weight is 239 g/mol. The van der Waals surface area contributed by atoms with E-state index in [1.165, 1.54) is 6.07 Å². The van der Waals surface area contributed by atoms with Gasteiger partial charge in [-0.3, -0.25) is 4.79 Å². The van der Waals surface area contributed by atoms with Crippen LogP contribution in [0.15, 0.2) is 18.2 Å². The zero-order chi connectivity index (χ0) is 12.4. The van der Waals surface area contributed by atoms with Gasteiger partial charge in [-0.2, -0.15) is 0 Å². The number of hydrogen-bond donors (Lipinski definition) is 2. The minimum atomic E-state index is -0.712. The van der Waals surface area contributed by atoms with Crippen molar-refractivity contribution in [1.29, 1.82) is 0 Å². The fraction of sp³-hybridized carbons (Fsp3) is 0.417. The SMILES string of the molecule is CC(CO)NC(=O)C1Cc2cccc(F)c2O1. The predicted molar refractivity (Wildman–Crippen MR) is 59.2 cm³/mol. The van der Waals surface area contributed by atoms with Crippen molar-refractivity contribution in [2.45, 2.75) is 25.5 Å². The number of hydrogen-bond acceptors (Lipinski definition) is 3. The lowest BCUT2D eigenvalue weighted by molar-refractivity contribution is -0.128. The number of benzene rings is 1. The fourth-order valence-electron chi connectivity index (χ4n) is 1.76. The monoisotopic (exact) mass is 239 g/mol. The van der Waals surface area contributed by atoms with Crippen LogP contribution in [0.3, 0.4) is 0 Å². The highest BCUT2D eigenvalue weighted by Crippen LogP contribution is 2.31. The van der Waals surface area contributed by atoms with Crippen molar-refractivity contribution in [2.24, 2.45) is 0 Å². The normalized spacial score (nSPS) is 19.4. The number of fused-ring (bicyclic) bond motifs is 1. The van der Waals surface area contributed by atoms with E-state index >= 15 is 0 Å². The number of nitrogens with one attached hydrogen (secondary N) is 1. The third-order valence-electron chi connectivity index (χ3n) is 2.67. The van der Waals surface area contributed by atoms with Gasteiger partial charge in [-0.1, -0.05) is 12.1 Å². The van der Waals surface area contributed by atoms with Gasteiger partial charge in [0.25, 0.3) is 5.91 Å². The van der Waals surface area contributed by atoms with Gasteiger partial charge < -0.3 is 15.2 Å². The van der Waals surface area contributed by atoms with E-state index in [0.717, 1.165) is 0 Å². The highest BCUT2D eigenvalue weighted by atomic mass is 19.1. The first-order valence-electron chi connectivity index (χ1n) is 5.47. The van der Waals surface area contributed by atoms with Crippen LogP contribution >= 0.6 is 0 Å². The largest absolute Gasteiger partial charge is 0.477 e. The average Bonchev–Trinajstić information content (AvgIpc) is 2.74. The number of aliphatic hydroxyl groups is 1. The molecule has 0 aromatic heterocycles. The second-order valence-electron chi connectivity index (χ2n) is 4.13. The number of para-hydroxylation sites is 1. The number of halogens is 1. The van der Waals surface area contributed by atoms with Crippen molar-refractivity contribution in [3.8, 4) is 5.75 Å². The summed E-state index contributed by atoms with van der Waals surface area (Å²) in [6, 6.07) is 4.30. The summed E-state index contributed by atoms with van der Waals surface area (Å²) >= 11 is 0. The molecule has 0 saturated heterocycles. The Kier molecular flexibility index (Phi) is 3.28. The van der Waals surface area contributed by atoms with Crippen molar-refractivity contribution < 1.29 is 19.0 Å². The molecular weight excluding hydrogens is 225 g/mol. The smallest absolute Gasteiger partial charge is 0.261 e. The maximum absolute atomic E-state index is 13.4. The number of carbonyl (C=O) groups is 1. The van der Waals surface area contributed by atoms with Crippen LogP contribution in [-0.4, -0.2) is 29.8 Å². The standard InChI is InChI=1S/C12H14FNO3/c1-7(6-15)14-12(16)10-5-8-3-2-4-9(13)11(8)17-10/h2-4,7,10,15H,5-6H2,1H3,(H,14,16). The molecule has 0 aliphatic carbocycles. The van der Waals surface area contributed by atoms with Gasteiger partial charge in [-0.25, -0.2) is 4.39 Å². The third-order valence-corrected chi connectivity index (χ3v) is 2.67. The highest BCUT2D eigenvalue weighted by molar-refractivity contribution is 5.82. The van der Waals surface area contributed by atoms with Crippen molar-refractivity contribution in [3.05, 3.63) is 29.6 Å². The van der Waals surface area contributed by atoms with Crippen molar-refractivity contribution in [3.63, 3.8) is 0 Å². The molecule has 0 fully saturated rings. The molecule has 2 atom stereocenters. The Hall–Kier alpha value is -1.62. The van der Waals surface area contributed by atoms with Crippen molar-refractivity contribution >= 4 is 5.91 Å². The maximum atomic E-state index is 13.4. The Morgan fingerprint density at radius 3 is 3.12 bits per heavy atom. The quantitative estimate of drug-likeness (QED) is 0.813. The van der Waals surface area contributed by atoms with Crippen molar-refractivity contribution in [2.75, 3.05) is 6.61 Å². The van der Waals surface area contributed by atoms with E-state index in [1.54, 1.807) is 19.1 Å². The Labute approximate surface area is 98.4 Å². The summed E-state index contributed by atoms with van der Waals surface area (Å²) in [7, 11) is 0. The second-order valence-corrected chi connectivity index (χ2v) is 4.13. The van der Waals surface area contributed by atoms with Crippen LogP contribution in [0.2, 0.25) is 0 Å². The third kappa shape index (κ3) is 2.39. The lowest BCUT2D eigenvalue weighted by Gasteiger charge is -2.15. The number of amides is 1. The molecule has 2 N–H and O–H groups in total. The van der Waals surface area contributed by atoms with Gasteiger partial charge in [0.1, 0.15) is 0 Å². The van der Waals surface area contributed by atoms with Gasteiger partial charge in [-0.15, -0.1) is 0 Å². The zero-order valence-electron chi connectivity index (χ0n) is 9.44. The van der Waals surface area contributed by atoms with Crippen LogP contribution in [0.1, 0.15) is 12.5 Å². The van der Waals surface area contributed by atoms with Crippen LogP contribution in [0.5, 0.6) is 5.75 Å². The number of carbonyl (C=O) groups excluding carboxylic acids is 1. The summed E-state index contributed by atoms with van der Waals surface area (Å²) in [5.41, 5.74) is 0.696. The van der Waals surface area contributed by atoms with Crippen LogP contribution in [0.25, 0.3) is 0 Å². The van der Waals surface area contributed by atoms with Gasteiger partial charge in [0.05, 0.1) is 6.61 Å². The Morgan fingerprint density at radius 2 is 2.47 bits per heavy atom. The first-order chi connectivity index (χ1) is 8.11. The molecule has 1 aliphatic heterocycles. The second kappa shape index (κ2) is 4.71. The van der Waals surface area contributed by atoms with Crippen LogP contribution in [0.4, 0.5) is 4.39 Å². The van der Waals surface area contributed by atoms with E-state index in [0.29, 0.717) is 12.0 Å². The molecule has 5 heteroatoms. The van der Waals surface area contributed by atoms with Crippen LogP contribution in [-0.2, 0) is 11.2 Å². The van der Waals surface area contributed by atoms with Crippen LogP contribution in [0, 0.1) is 5.82 Å². The van der Waals surface area contributed by atoms with Crippen molar-refractivity contribution in [1.82, 2.24) is 5.32 Å². The van der Waals surface area contributed by atoms with E-state index < -0.39 is 11.9 Å². The molecule has 2 unspecified atom stereocenters. The predicted octanol–water partition coefficient (Wildman–Crippen LogP) is 0.626. The molecule has 2 rings (SSSR count). The van der Waals surface area contributed by atoms with Gasteiger partial charge in [0, 0.05) is 18.0 Å². The first kappa shape index (κ1) is 11.9. The summed E-state index contributed by atoms with van der Waals surface area (Å²) in [6.07, 6.45) is -0.354. The Balaban J connectivity index is 2.05. The topological polar surface area (TPSA) is 58.6 Å². The summed E-state index contributed by atoms with van der Waals surface area (Å²) in [4.78, 5) is 11.7. The van der Waals surface area contributed by atoms with E-state index in [9.17, 15) is 9.18 Å². The molecule has 0 bridgehead atoms. The van der Waals surface area contributed by atoms with E-state index in [1.807, 2.05) is 0 Å². The number of ether oxygens (including phenoxy) is 1. The lowest BCUT2D eigenvalue weighted by Crippen LogP contribution is -2.43. The molecule has 1 amide bonds. The summed E-state index contributed by atoms with van der Waals surface area (Å²) in [6.45, 7) is 1.54. The molecule has 17 heavy (non-hydrogen) atoms. The Morgan fingerprint density at radius 1 is 1.71 bits per heavy atom. The molecule has 1 heterocycles. The molecule has 4 nitrogen and oxygen atoms in total. The molecule has 92 valence electrons. The van der Waals surface area contributed by atoms with Gasteiger partial charge in [-0.05, 0) is 13.0 Å². The molecular formula is C12H14FNO3. The minimum absolute atomic E-state index is 0.139. The van der Waals surface area contributed by atoms with E-state index in [4.69, 9.17) is 9.84 Å². The molecule has 0 radical (unpaired) electrons.